The van der Waals surface area contributed by atoms with Crippen LogP contribution in [0, 0.1) is 0 Å². The van der Waals surface area contributed by atoms with Crippen molar-refractivity contribution in [2.45, 2.75) is 0 Å². The molecule has 0 saturated heterocycles. The lowest BCUT2D eigenvalue weighted by atomic mass is 9.80. The van der Waals surface area contributed by atoms with Gasteiger partial charge in [0.05, 0.1) is 40.2 Å². The molecule has 1 heterocycles. The van der Waals surface area contributed by atoms with Gasteiger partial charge in [0.1, 0.15) is 23.0 Å². The van der Waals surface area contributed by atoms with Gasteiger partial charge >= 0.3 is 0 Å². The lowest BCUT2D eigenvalue weighted by Gasteiger charge is -2.23. The standard InChI is InChI=1S/C36H32N2O4/c1-38-36-31(22-37-38)32(23-6-14-27(39-2)15-7-23)33(24-8-16-28(40-3)17-9-24)34(25-10-18-29(41-4)19-11-25)35(36)26-12-20-30(42-5)21-13-26/h6-22H,1-5H3. The lowest BCUT2D eigenvalue weighted by molar-refractivity contribution is 0.414. The van der Waals surface area contributed by atoms with Gasteiger partial charge in [0.2, 0.25) is 0 Å². The molecular weight excluding hydrogens is 524 g/mol. The van der Waals surface area contributed by atoms with Crippen LogP contribution in [-0.2, 0) is 7.05 Å². The van der Waals surface area contributed by atoms with Gasteiger partial charge in [-0.15, -0.1) is 0 Å². The number of rotatable bonds is 8. The minimum absolute atomic E-state index is 0.799. The molecule has 0 aliphatic rings. The van der Waals surface area contributed by atoms with Crippen LogP contribution in [0.25, 0.3) is 55.4 Å². The van der Waals surface area contributed by atoms with Crippen LogP contribution in [-0.4, -0.2) is 38.2 Å². The molecule has 0 aliphatic heterocycles. The van der Waals surface area contributed by atoms with E-state index in [2.05, 4.69) is 48.5 Å². The minimum Gasteiger partial charge on any atom is -0.497 e. The van der Waals surface area contributed by atoms with Crippen molar-refractivity contribution in [2.75, 3.05) is 28.4 Å². The average molecular weight is 557 g/mol. The van der Waals surface area contributed by atoms with Crippen LogP contribution < -0.4 is 18.9 Å². The van der Waals surface area contributed by atoms with Crippen molar-refractivity contribution in [3.05, 3.63) is 103 Å². The fourth-order valence-corrected chi connectivity index (χ4v) is 5.61. The molecule has 0 spiro atoms. The predicted octanol–water partition coefficient (Wildman–Crippen LogP) is 8.28. The number of aryl methyl sites for hydroxylation is 1. The summed E-state index contributed by atoms with van der Waals surface area (Å²) < 4.78 is 24.0. The van der Waals surface area contributed by atoms with Gasteiger partial charge < -0.3 is 18.9 Å². The summed E-state index contributed by atoms with van der Waals surface area (Å²) in [6.45, 7) is 0. The van der Waals surface area contributed by atoms with Crippen LogP contribution >= 0.6 is 0 Å². The first-order valence-corrected chi connectivity index (χ1v) is 13.7. The Labute approximate surface area is 245 Å². The second-order valence-electron chi connectivity index (χ2n) is 9.94. The number of hydrogen-bond acceptors (Lipinski definition) is 5. The highest BCUT2D eigenvalue weighted by Gasteiger charge is 2.26. The van der Waals surface area contributed by atoms with E-state index in [9.17, 15) is 0 Å². The second kappa shape index (κ2) is 11.3. The van der Waals surface area contributed by atoms with Crippen molar-refractivity contribution in [2.24, 2.45) is 7.05 Å². The second-order valence-corrected chi connectivity index (χ2v) is 9.94. The Morgan fingerprint density at radius 1 is 0.429 bits per heavy atom. The zero-order chi connectivity index (χ0) is 29.2. The summed E-state index contributed by atoms with van der Waals surface area (Å²) in [5, 5.41) is 5.84. The van der Waals surface area contributed by atoms with Gasteiger partial charge in [-0.3, -0.25) is 4.68 Å². The van der Waals surface area contributed by atoms with Gasteiger partial charge in [-0.25, -0.2) is 0 Å². The van der Waals surface area contributed by atoms with Crippen LogP contribution in [0.15, 0.2) is 103 Å². The third-order valence-corrected chi connectivity index (χ3v) is 7.71. The highest BCUT2D eigenvalue weighted by molar-refractivity contribution is 6.17. The van der Waals surface area contributed by atoms with Crippen molar-refractivity contribution >= 4 is 10.9 Å². The van der Waals surface area contributed by atoms with E-state index in [-0.39, 0.29) is 0 Å². The summed E-state index contributed by atoms with van der Waals surface area (Å²) in [4.78, 5) is 0. The van der Waals surface area contributed by atoms with Crippen LogP contribution in [0.3, 0.4) is 0 Å². The van der Waals surface area contributed by atoms with Gasteiger partial charge in [-0.1, -0.05) is 48.5 Å². The zero-order valence-corrected chi connectivity index (χ0v) is 24.3. The number of methoxy groups -OCH3 is 4. The molecule has 1 aromatic heterocycles. The Morgan fingerprint density at radius 3 is 1.10 bits per heavy atom. The maximum atomic E-state index is 5.52. The number of benzene rings is 5. The van der Waals surface area contributed by atoms with Crippen LogP contribution in [0.1, 0.15) is 0 Å². The Balaban J connectivity index is 1.81. The third kappa shape index (κ3) is 4.71. The van der Waals surface area contributed by atoms with E-state index in [1.165, 1.54) is 0 Å². The molecule has 0 aliphatic carbocycles. The van der Waals surface area contributed by atoms with Crippen molar-refractivity contribution in [3.8, 4) is 67.5 Å². The summed E-state index contributed by atoms with van der Waals surface area (Å²) in [7, 11) is 8.73. The lowest BCUT2D eigenvalue weighted by Crippen LogP contribution is -2.00. The normalized spacial score (nSPS) is 11.0. The number of aromatic nitrogens is 2. The Bertz CT molecular complexity index is 1840. The molecule has 0 amide bonds. The first-order valence-electron chi connectivity index (χ1n) is 13.7. The Kier molecular flexibility index (Phi) is 7.28. The van der Waals surface area contributed by atoms with Crippen molar-refractivity contribution in [1.29, 1.82) is 0 Å². The van der Waals surface area contributed by atoms with Crippen molar-refractivity contribution < 1.29 is 18.9 Å². The number of hydrogen-bond donors (Lipinski definition) is 0. The maximum absolute atomic E-state index is 5.52. The highest BCUT2D eigenvalue weighted by atomic mass is 16.5. The predicted molar refractivity (Wildman–Crippen MR) is 169 cm³/mol. The molecular formula is C36H32N2O4. The molecule has 5 aromatic carbocycles. The van der Waals surface area contributed by atoms with E-state index < -0.39 is 0 Å². The van der Waals surface area contributed by atoms with E-state index in [1.807, 2.05) is 66.5 Å². The van der Waals surface area contributed by atoms with Crippen LogP contribution in [0.2, 0.25) is 0 Å². The van der Waals surface area contributed by atoms with E-state index in [0.717, 1.165) is 78.4 Å². The topological polar surface area (TPSA) is 54.7 Å². The molecule has 0 radical (unpaired) electrons. The van der Waals surface area contributed by atoms with Gasteiger partial charge in [0, 0.05) is 29.1 Å². The molecule has 6 aromatic rings. The van der Waals surface area contributed by atoms with Crippen LogP contribution in [0.4, 0.5) is 0 Å². The molecule has 0 bridgehead atoms. The van der Waals surface area contributed by atoms with E-state index in [1.54, 1.807) is 28.4 Å². The number of nitrogens with zero attached hydrogens (tertiary/aromatic N) is 2. The molecule has 0 fully saturated rings. The maximum Gasteiger partial charge on any atom is 0.118 e. The molecule has 0 N–H and O–H groups in total. The smallest absolute Gasteiger partial charge is 0.118 e. The molecule has 0 atom stereocenters. The highest BCUT2D eigenvalue weighted by Crippen LogP contribution is 2.51. The Morgan fingerprint density at radius 2 is 0.738 bits per heavy atom. The molecule has 0 unspecified atom stereocenters. The van der Waals surface area contributed by atoms with Gasteiger partial charge in [-0.05, 0) is 76.3 Å². The largest absolute Gasteiger partial charge is 0.497 e. The summed E-state index contributed by atoms with van der Waals surface area (Å²) in [6, 6.07) is 32.9. The SMILES string of the molecule is COc1ccc(-c2c(-c3ccc(OC)cc3)c(-c3ccc(OC)cc3)c3c(cnn3C)c2-c2ccc(OC)cc2)cc1. The molecule has 210 valence electrons. The molecule has 42 heavy (non-hydrogen) atoms. The van der Waals surface area contributed by atoms with Crippen molar-refractivity contribution in [1.82, 2.24) is 9.78 Å². The summed E-state index contributed by atoms with van der Waals surface area (Å²) in [5.41, 5.74) is 9.65. The number of fused-ring (bicyclic) bond motifs is 1. The molecule has 6 heteroatoms. The van der Waals surface area contributed by atoms with Gasteiger partial charge in [0.15, 0.2) is 0 Å². The van der Waals surface area contributed by atoms with Gasteiger partial charge in [-0.2, -0.15) is 5.10 Å². The average Bonchev–Trinajstić information content (AvgIpc) is 3.44. The zero-order valence-electron chi connectivity index (χ0n) is 24.3. The first-order chi connectivity index (χ1) is 20.6. The monoisotopic (exact) mass is 556 g/mol. The quantitative estimate of drug-likeness (QED) is 0.189. The summed E-state index contributed by atoms with van der Waals surface area (Å²) in [6.07, 6.45) is 1.97. The van der Waals surface area contributed by atoms with E-state index >= 15 is 0 Å². The number of ether oxygens (including phenoxy) is 4. The third-order valence-electron chi connectivity index (χ3n) is 7.71. The molecule has 0 saturated carbocycles. The molecule has 6 rings (SSSR count). The minimum atomic E-state index is 0.799. The fraction of sp³-hybridized carbons (Fsp3) is 0.139. The van der Waals surface area contributed by atoms with E-state index in [0.29, 0.717) is 0 Å². The first kappa shape index (κ1) is 27.0. The molecule has 6 nitrogen and oxygen atoms in total. The van der Waals surface area contributed by atoms with Crippen molar-refractivity contribution in [3.63, 3.8) is 0 Å². The fourth-order valence-electron chi connectivity index (χ4n) is 5.61. The Hall–Kier alpha value is -5.23. The van der Waals surface area contributed by atoms with Crippen LogP contribution in [0.5, 0.6) is 23.0 Å². The summed E-state index contributed by atoms with van der Waals surface area (Å²) >= 11 is 0. The van der Waals surface area contributed by atoms with Gasteiger partial charge in [0.25, 0.3) is 0 Å². The van der Waals surface area contributed by atoms with E-state index in [4.69, 9.17) is 24.0 Å². The summed E-state index contributed by atoms with van der Waals surface area (Å²) in [5.74, 6) is 3.20.